The standard InChI is InChI=1S/C104H62N8OS/c1-4-24-63(25-5-1)84-61-85(64-26-6-2-7-27-64)106-103(105-84)111-90-42-17-12-34-75(90)82-60-69(50-54-94(82)111)67-49-53-93-81(58-67)74-33-11-16-41-89(74)110(93)97-45-22-39-79-100-72(37-23-47-99(100)114-102(79)97)70-30-20-31-71(56-70)87-62-86(65-28-8-3-9-29-65)107-104(108-87)112-91-43-18-13-35-76(91)83-59-68(51-55-95(83)112)66-48-52-92-80(57-66)73-32-10-15-40-88(73)109(92)96-44-21-38-78-77-36-14-19-46-98(77)113-101(78)96/h1-62H. The van der Waals surface area contributed by atoms with Gasteiger partial charge in [-0.05, 0) is 149 Å². The second-order valence-corrected chi connectivity index (χ2v) is 30.6. The van der Waals surface area contributed by atoms with Crippen molar-refractivity contribution in [2.75, 3.05) is 0 Å². The molecule has 0 aliphatic carbocycles. The number of thiophene rings is 1. The van der Waals surface area contributed by atoms with Crippen molar-refractivity contribution in [1.82, 2.24) is 38.2 Å². The summed E-state index contributed by atoms with van der Waals surface area (Å²) in [5, 5.41) is 13.9. The first-order chi connectivity index (χ1) is 56.5. The lowest BCUT2D eigenvalue weighted by Gasteiger charge is -2.13. The van der Waals surface area contributed by atoms with Crippen LogP contribution in [0, 0.1) is 0 Å². The highest BCUT2D eigenvalue weighted by atomic mass is 32.1. The molecule has 0 aliphatic heterocycles. The van der Waals surface area contributed by atoms with E-state index in [9.17, 15) is 0 Å². The molecule has 0 spiro atoms. The molecule has 16 aromatic carbocycles. The van der Waals surface area contributed by atoms with Crippen LogP contribution in [0.25, 0.3) is 231 Å². The molecular formula is C104H62N8OS. The Bertz CT molecular complexity index is 8060. The summed E-state index contributed by atoms with van der Waals surface area (Å²) in [4.78, 5) is 21.7. The molecule has 114 heavy (non-hydrogen) atoms. The topological polar surface area (TPSA) is 84.4 Å². The van der Waals surface area contributed by atoms with Crippen molar-refractivity contribution < 1.29 is 4.42 Å². The molecule has 0 saturated heterocycles. The molecule has 24 aromatic rings. The first-order valence-electron chi connectivity index (χ1n) is 38.6. The molecule has 0 amide bonds. The number of furan rings is 1. The predicted octanol–water partition coefficient (Wildman–Crippen LogP) is 27.6. The number of nitrogens with zero attached hydrogens (tertiary/aromatic N) is 8. The van der Waals surface area contributed by atoms with Crippen LogP contribution in [0.15, 0.2) is 381 Å². The Morgan fingerprint density at radius 1 is 0.219 bits per heavy atom. The summed E-state index contributed by atoms with van der Waals surface area (Å²) in [6.45, 7) is 0. The summed E-state index contributed by atoms with van der Waals surface area (Å²) in [7, 11) is 0. The molecule has 8 aromatic heterocycles. The third kappa shape index (κ3) is 9.91. The minimum atomic E-state index is 0.598. The number of fused-ring (bicyclic) bond motifs is 18. The van der Waals surface area contributed by atoms with Crippen LogP contribution in [-0.4, -0.2) is 38.2 Å². The van der Waals surface area contributed by atoms with Gasteiger partial charge >= 0.3 is 0 Å². The summed E-state index contributed by atoms with van der Waals surface area (Å²) in [6, 6.07) is 135. The fourth-order valence-electron chi connectivity index (χ4n) is 18.1. The Hall–Kier alpha value is -15.1. The summed E-state index contributed by atoms with van der Waals surface area (Å²) >= 11 is 1.86. The van der Waals surface area contributed by atoms with Crippen LogP contribution >= 0.6 is 11.3 Å². The summed E-state index contributed by atoms with van der Waals surface area (Å²) in [5.41, 5.74) is 26.9. The Kier molecular flexibility index (Phi) is 14.1. The molecule has 0 atom stereocenters. The van der Waals surface area contributed by atoms with Crippen LogP contribution in [0.5, 0.6) is 0 Å². The molecule has 8 heterocycles. The van der Waals surface area contributed by atoms with Crippen molar-refractivity contribution in [2.45, 2.75) is 0 Å². The zero-order valence-electron chi connectivity index (χ0n) is 61.2. The van der Waals surface area contributed by atoms with E-state index in [2.05, 4.69) is 376 Å². The maximum absolute atomic E-state index is 6.64. The molecule has 0 bridgehead atoms. The van der Waals surface area contributed by atoms with E-state index in [1.807, 2.05) is 29.5 Å². The van der Waals surface area contributed by atoms with Crippen LogP contribution in [0.4, 0.5) is 0 Å². The van der Waals surface area contributed by atoms with Gasteiger partial charge in [-0.3, -0.25) is 9.13 Å². The molecule has 24 rings (SSSR count). The number of hydrogen-bond acceptors (Lipinski definition) is 6. The van der Waals surface area contributed by atoms with Crippen LogP contribution in [0.1, 0.15) is 0 Å². The number of para-hydroxylation sites is 6. The zero-order chi connectivity index (χ0) is 74.6. The molecule has 0 aliphatic rings. The van der Waals surface area contributed by atoms with Crippen molar-refractivity contribution in [3.63, 3.8) is 0 Å². The third-order valence-corrected chi connectivity index (χ3v) is 24.4. The maximum atomic E-state index is 6.64. The molecule has 10 heteroatoms. The van der Waals surface area contributed by atoms with E-state index in [0.29, 0.717) is 11.9 Å². The van der Waals surface area contributed by atoms with Crippen LogP contribution in [0.3, 0.4) is 0 Å². The van der Waals surface area contributed by atoms with E-state index >= 15 is 0 Å². The van der Waals surface area contributed by atoms with Gasteiger partial charge in [0.15, 0.2) is 5.58 Å². The lowest BCUT2D eigenvalue weighted by molar-refractivity contribution is 0.666. The molecule has 0 N–H and O–H groups in total. The second kappa shape index (κ2) is 25.2. The highest BCUT2D eigenvalue weighted by Crippen LogP contribution is 2.48. The number of aromatic nitrogens is 8. The fourth-order valence-corrected chi connectivity index (χ4v) is 19.3. The Morgan fingerprint density at radius 3 is 1.06 bits per heavy atom. The zero-order valence-corrected chi connectivity index (χ0v) is 62.0. The van der Waals surface area contributed by atoms with Gasteiger partial charge < -0.3 is 13.6 Å². The monoisotopic (exact) mass is 1470 g/mol. The normalized spacial score (nSPS) is 12.0. The molecular weight excluding hydrogens is 1410 g/mol. The Labute approximate surface area is 656 Å². The Balaban J connectivity index is 0.594. The molecule has 530 valence electrons. The average Bonchev–Trinajstić information content (AvgIpc) is 1.58. The molecule has 0 radical (unpaired) electrons. The summed E-state index contributed by atoms with van der Waals surface area (Å²) in [6.07, 6.45) is 0. The summed E-state index contributed by atoms with van der Waals surface area (Å²) < 4.78 is 18.4. The number of rotatable bonds is 11. The second-order valence-electron chi connectivity index (χ2n) is 29.6. The van der Waals surface area contributed by atoms with Gasteiger partial charge in [0.1, 0.15) is 5.58 Å². The van der Waals surface area contributed by atoms with Gasteiger partial charge in [-0.25, -0.2) is 19.9 Å². The van der Waals surface area contributed by atoms with E-state index in [4.69, 9.17) is 24.4 Å². The lowest BCUT2D eigenvalue weighted by Crippen LogP contribution is -2.04. The van der Waals surface area contributed by atoms with Crippen molar-refractivity contribution in [1.29, 1.82) is 0 Å². The van der Waals surface area contributed by atoms with E-state index < -0.39 is 0 Å². The van der Waals surface area contributed by atoms with Gasteiger partial charge in [0.25, 0.3) is 0 Å². The fraction of sp³-hybridized carbons (Fsp3) is 0. The highest BCUT2D eigenvalue weighted by Gasteiger charge is 2.25. The Morgan fingerprint density at radius 2 is 0.570 bits per heavy atom. The van der Waals surface area contributed by atoms with Crippen LogP contribution < -0.4 is 0 Å². The largest absolute Gasteiger partial charge is 0.454 e. The molecule has 0 unspecified atom stereocenters. The minimum Gasteiger partial charge on any atom is -0.454 e. The van der Waals surface area contributed by atoms with Gasteiger partial charge in [0, 0.05) is 91.6 Å². The number of benzene rings is 16. The van der Waals surface area contributed by atoms with E-state index in [-0.39, 0.29) is 0 Å². The van der Waals surface area contributed by atoms with Crippen molar-refractivity contribution in [2.24, 2.45) is 0 Å². The van der Waals surface area contributed by atoms with E-state index in [0.717, 1.165) is 177 Å². The first kappa shape index (κ1) is 63.8. The molecule has 0 saturated carbocycles. The highest BCUT2D eigenvalue weighted by molar-refractivity contribution is 7.26. The van der Waals surface area contributed by atoms with Crippen molar-refractivity contribution in [3.05, 3.63) is 376 Å². The third-order valence-electron chi connectivity index (χ3n) is 23.2. The molecule has 9 nitrogen and oxygen atoms in total. The first-order valence-corrected chi connectivity index (χ1v) is 39.4. The minimum absolute atomic E-state index is 0.598. The van der Waals surface area contributed by atoms with Gasteiger partial charge in [0.2, 0.25) is 11.9 Å². The van der Waals surface area contributed by atoms with Crippen molar-refractivity contribution >= 4 is 141 Å². The van der Waals surface area contributed by atoms with E-state index in [1.165, 1.54) is 41.7 Å². The lowest BCUT2D eigenvalue weighted by atomic mass is 9.97. The van der Waals surface area contributed by atoms with Crippen molar-refractivity contribution in [3.8, 4) is 102 Å². The average molecular weight is 1470 g/mol. The quantitative estimate of drug-likeness (QED) is 0.129. The van der Waals surface area contributed by atoms with E-state index in [1.54, 1.807) is 0 Å². The van der Waals surface area contributed by atoms with Gasteiger partial charge in [0.05, 0.1) is 83.0 Å². The maximum Gasteiger partial charge on any atom is 0.235 e. The van der Waals surface area contributed by atoms with Crippen LogP contribution in [-0.2, 0) is 0 Å². The van der Waals surface area contributed by atoms with Gasteiger partial charge in [-0.1, -0.05) is 261 Å². The number of hydrogen-bond donors (Lipinski definition) is 0. The smallest absolute Gasteiger partial charge is 0.235 e. The van der Waals surface area contributed by atoms with Crippen LogP contribution in [0.2, 0.25) is 0 Å². The van der Waals surface area contributed by atoms with Gasteiger partial charge in [-0.15, -0.1) is 11.3 Å². The SMILES string of the molecule is c1ccc(-c2cc(-c3ccccc3)nc(-n3c4ccccc4c4cc(-c5ccc6c(c5)c5ccccc5n6-c5cccc6c5sc5cccc(-c7cccc(-c8cc(-c9ccccc9)nc(-n9c%10ccccc%10c%10cc(-c%11ccc%12c(c%11)c%11ccccc%11n%12-c%11cccc%12c%11oc%11ccccc%11%12)ccc%109)n8)c7)c56)ccc43)n2)cc1. The summed E-state index contributed by atoms with van der Waals surface area (Å²) in [5.74, 6) is 1.23. The predicted molar refractivity (Wildman–Crippen MR) is 473 cm³/mol. The molecule has 0 fully saturated rings. The van der Waals surface area contributed by atoms with Gasteiger partial charge in [-0.2, -0.15) is 0 Å².